The number of anilines is 1. The predicted octanol–water partition coefficient (Wildman–Crippen LogP) is 4.37. The van der Waals surface area contributed by atoms with Crippen LogP contribution in [0.2, 0.25) is 5.02 Å². The molecule has 3 fully saturated rings. The topological polar surface area (TPSA) is 50.7 Å². The first kappa shape index (κ1) is 21.6. The van der Waals surface area contributed by atoms with Gasteiger partial charge < -0.3 is 14.4 Å². The maximum Gasteiger partial charge on any atom is 0.319 e. The molecule has 5 rings (SSSR count). The molecule has 0 unspecified atom stereocenters. The quantitative estimate of drug-likeness (QED) is 0.562. The Kier molecular flexibility index (Phi) is 5.96. The first-order chi connectivity index (χ1) is 15.0. The van der Waals surface area contributed by atoms with Crippen molar-refractivity contribution in [1.29, 1.82) is 0 Å². The molecule has 3 aliphatic heterocycles. The Hall–Kier alpha value is -1.29. The number of nitrogens with zero attached hydrogens (tertiary/aromatic N) is 4. The smallest absolute Gasteiger partial charge is 0.319 e. The van der Waals surface area contributed by atoms with Crippen molar-refractivity contribution >= 4 is 44.3 Å². The number of halogens is 4. The van der Waals surface area contributed by atoms with Crippen LogP contribution in [-0.2, 0) is 4.74 Å². The van der Waals surface area contributed by atoms with E-state index in [1.165, 1.54) is 0 Å². The molecule has 3 saturated heterocycles. The van der Waals surface area contributed by atoms with Gasteiger partial charge in [-0.1, -0.05) is 11.6 Å². The SMILES string of the molecule is Fc1c(Br)c(Cl)cc2c(N3CCCOCC3)nc(OC[C@@]34CCCN3C[C@H](F)C4)nc12. The Bertz CT molecular complexity index is 992. The summed E-state index contributed by atoms with van der Waals surface area (Å²) in [6.07, 6.45) is 2.35. The summed E-state index contributed by atoms with van der Waals surface area (Å²) in [5, 5.41) is 0.792. The molecule has 0 radical (unpaired) electrons. The number of ether oxygens (including phenoxy) is 2. The fourth-order valence-electron chi connectivity index (χ4n) is 5.05. The largest absolute Gasteiger partial charge is 0.461 e. The Morgan fingerprint density at radius 1 is 1.26 bits per heavy atom. The van der Waals surface area contributed by atoms with Crippen LogP contribution in [0.15, 0.2) is 10.5 Å². The average Bonchev–Trinajstić information content (AvgIpc) is 3.13. The molecule has 6 nitrogen and oxygen atoms in total. The molecule has 10 heteroatoms. The minimum absolute atomic E-state index is 0.101. The monoisotopic (exact) mass is 516 g/mol. The molecule has 0 aliphatic carbocycles. The maximum atomic E-state index is 15.1. The van der Waals surface area contributed by atoms with Crippen molar-refractivity contribution in [3.05, 3.63) is 21.4 Å². The van der Waals surface area contributed by atoms with Gasteiger partial charge in [-0.2, -0.15) is 9.97 Å². The number of alkyl halides is 1. The molecule has 168 valence electrons. The molecule has 2 aromatic rings. The standard InChI is InChI=1S/C21H24BrClF2N4O2/c22-16-15(23)9-14-18(17(16)25)26-20(27-19(14)28-4-2-7-30-8-6-28)31-12-21-3-1-5-29(21)11-13(24)10-21/h9,13H,1-8,10-12H2/t13-,21+/m1/s1. The number of hydrogen-bond acceptors (Lipinski definition) is 6. The third-order valence-electron chi connectivity index (χ3n) is 6.54. The lowest BCUT2D eigenvalue weighted by atomic mass is 9.95. The average molecular weight is 518 g/mol. The molecule has 3 aliphatic rings. The number of benzene rings is 1. The van der Waals surface area contributed by atoms with E-state index in [0.717, 1.165) is 32.4 Å². The second kappa shape index (κ2) is 8.57. The zero-order valence-electron chi connectivity index (χ0n) is 17.1. The second-order valence-electron chi connectivity index (χ2n) is 8.53. The Labute approximate surface area is 193 Å². The number of fused-ring (bicyclic) bond motifs is 2. The molecule has 1 aromatic carbocycles. The van der Waals surface area contributed by atoms with Crippen LogP contribution in [0, 0.1) is 5.82 Å². The van der Waals surface area contributed by atoms with Gasteiger partial charge in [-0.05, 0) is 47.8 Å². The molecule has 1 aromatic heterocycles. The zero-order chi connectivity index (χ0) is 21.6. The summed E-state index contributed by atoms with van der Waals surface area (Å²) in [5.74, 6) is 0.0294. The molecular formula is C21H24BrClF2N4O2. The van der Waals surface area contributed by atoms with Gasteiger partial charge in [-0.15, -0.1) is 0 Å². The molecule has 2 atom stereocenters. The van der Waals surface area contributed by atoms with Crippen molar-refractivity contribution in [3.63, 3.8) is 0 Å². The fraction of sp³-hybridized carbons (Fsp3) is 0.619. The number of hydrogen-bond donors (Lipinski definition) is 0. The van der Waals surface area contributed by atoms with Crippen LogP contribution in [0.4, 0.5) is 14.6 Å². The summed E-state index contributed by atoms with van der Waals surface area (Å²) in [6, 6.07) is 1.78. The highest BCUT2D eigenvalue weighted by atomic mass is 79.9. The number of rotatable bonds is 4. The first-order valence-corrected chi connectivity index (χ1v) is 11.8. The van der Waals surface area contributed by atoms with Crippen LogP contribution < -0.4 is 9.64 Å². The Morgan fingerprint density at radius 2 is 2.13 bits per heavy atom. The highest BCUT2D eigenvalue weighted by molar-refractivity contribution is 9.10. The first-order valence-electron chi connectivity index (χ1n) is 10.7. The van der Waals surface area contributed by atoms with Gasteiger partial charge in [0.15, 0.2) is 5.82 Å². The third-order valence-corrected chi connectivity index (χ3v) is 7.84. The lowest BCUT2D eigenvalue weighted by Crippen LogP contribution is -2.43. The van der Waals surface area contributed by atoms with Crippen molar-refractivity contribution in [3.8, 4) is 6.01 Å². The van der Waals surface area contributed by atoms with Gasteiger partial charge in [0.25, 0.3) is 0 Å². The van der Waals surface area contributed by atoms with Crippen molar-refractivity contribution in [1.82, 2.24) is 14.9 Å². The fourth-order valence-corrected chi connectivity index (χ4v) is 5.54. The zero-order valence-corrected chi connectivity index (χ0v) is 19.4. The molecule has 0 bridgehead atoms. The van der Waals surface area contributed by atoms with Crippen molar-refractivity contribution in [2.75, 3.05) is 50.9 Å². The summed E-state index contributed by atoms with van der Waals surface area (Å²) < 4.78 is 40.9. The summed E-state index contributed by atoms with van der Waals surface area (Å²) in [4.78, 5) is 13.3. The van der Waals surface area contributed by atoms with E-state index in [0.29, 0.717) is 43.9 Å². The molecular weight excluding hydrogens is 494 g/mol. The van der Waals surface area contributed by atoms with E-state index in [1.54, 1.807) is 6.07 Å². The van der Waals surface area contributed by atoms with E-state index in [1.807, 2.05) is 0 Å². The summed E-state index contributed by atoms with van der Waals surface area (Å²) >= 11 is 9.44. The van der Waals surface area contributed by atoms with E-state index in [9.17, 15) is 4.39 Å². The van der Waals surface area contributed by atoms with Crippen LogP contribution in [0.1, 0.15) is 25.7 Å². The third kappa shape index (κ3) is 3.98. The van der Waals surface area contributed by atoms with Crippen LogP contribution in [0.25, 0.3) is 10.9 Å². The Morgan fingerprint density at radius 3 is 3.00 bits per heavy atom. The highest BCUT2D eigenvalue weighted by Gasteiger charge is 2.49. The molecule has 0 N–H and O–H groups in total. The van der Waals surface area contributed by atoms with E-state index in [4.69, 9.17) is 21.1 Å². The molecule has 0 spiro atoms. The van der Waals surface area contributed by atoms with E-state index in [2.05, 4.69) is 35.7 Å². The van der Waals surface area contributed by atoms with Gasteiger partial charge in [0.1, 0.15) is 24.1 Å². The van der Waals surface area contributed by atoms with Crippen molar-refractivity contribution in [2.45, 2.75) is 37.4 Å². The summed E-state index contributed by atoms with van der Waals surface area (Å²) in [6.45, 7) is 4.20. The van der Waals surface area contributed by atoms with Gasteiger partial charge in [0, 0.05) is 38.0 Å². The van der Waals surface area contributed by atoms with Crippen LogP contribution in [0.3, 0.4) is 0 Å². The Balaban J connectivity index is 1.52. The molecule has 0 saturated carbocycles. The van der Waals surface area contributed by atoms with Crippen LogP contribution >= 0.6 is 27.5 Å². The summed E-state index contributed by atoms with van der Waals surface area (Å²) in [7, 11) is 0. The highest BCUT2D eigenvalue weighted by Crippen LogP contribution is 2.41. The van der Waals surface area contributed by atoms with Gasteiger partial charge in [0.2, 0.25) is 0 Å². The van der Waals surface area contributed by atoms with Crippen molar-refractivity contribution < 1.29 is 18.3 Å². The van der Waals surface area contributed by atoms with Crippen LogP contribution in [-0.4, -0.2) is 72.6 Å². The molecule has 31 heavy (non-hydrogen) atoms. The van der Waals surface area contributed by atoms with Crippen molar-refractivity contribution in [2.24, 2.45) is 0 Å². The minimum atomic E-state index is -0.843. The maximum absolute atomic E-state index is 15.1. The molecule has 4 heterocycles. The van der Waals surface area contributed by atoms with Gasteiger partial charge in [0.05, 0.1) is 21.6 Å². The van der Waals surface area contributed by atoms with Crippen LogP contribution in [0.5, 0.6) is 6.01 Å². The second-order valence-corrected chi connectivity index (χ2v) is 9.73. The predicted molar refractivity (Wildman–Crippen MR) is 118 cm³/mol. The van der Waals surface area contributed by atoms with E-state index >= 15 is 4.39 Å². The number of aromatic nitrogens is 2. The van der Waals surface area contributed by atoms with Gasteiger partial charge in [-0.25, -0.2) is 8.78 Å². The normalized spacial score (nSPS) is 27.0. The van der Waals surface area contributed by atoms with E-state index in [-0.39, 0.29) is 33.2 Å². The minimum Gasteiger partial charge on any atom is -0.461 e. The van der Waals surface area contributed by atoms with Gasteiger partial charge >= 0.3 is 6.01 Å². The lowest BCUT2D eigenvalue weighted by Gasteiger charge is -2.31. The summed E-state index contributed by atoms with van der Waals surface area (Å²) in [5.41, 5.74) is -0.176. The van der Waals surface area contributed by atoms with Gasteiger partial charge in [-0.3, -0.25) is 4.90 Å². The van der Waals surface area contributed by atoms with E-state index < -0.39 is 12.0 Å². The lowest BCUT2D eigenvalue weighted by molar-refractivity contribution is 0.107. The molecule has 0 amide bonds.